The molecule has 0 aliphatic rings. The van der Waals surface area contributed by atoms with Gasteiger partial charge in [0.25, 0.3) is 5.91 Å². The molecular weight excluding hydrogens is 246 g/mol. The Bertz CT molecular complexity index is 460. The van der Waals surface area contributed by atoms with Crippen LogP contribution in [0.4, 0.5) is 5.69 Å². The number of ether oxygens (including phenoxy) is 1. The molecule has 4 N–H and O–H groups in total. The van der Waals surface area contributed by atoms with Crippen LogP contribution in [0.25, 0.3) is 0 Å². The third kappa shape index (κ3) is 4.50. The summed E-state index contributed by atoms with van der Waals surface area (Å²) in [6, 6.07) is 4.84. The van der Waals surface area contributed by atoms with Crippen LogP contribution in [-0.2, 0) is 4.79 Å². The molecule has 6 nitrogen and oxygen atoms in total. The fraction of sp³-hybridized carbons (Fsp3) is 0.385. The van der Waals surface area contributed by atoms with Gasteiger partial charge < -0.3 is 21.1 Å². The van der Waals surface area contributed by atoms with E-state index < -0.39 is 0 Å². The molecule has 0 saturated carbocycles. The predicted molar refractivity (Wildman–Crippen MR) is 73.0 cm³/mol. The second-order valence-corrected chi connectivity index (χ2v) is 3.91. The third-order valence-electron chi connectivity index (χ3n) is 2.51. The number of rotatable bonds is 6. The predicted octanol–water partition coefficient (Wildman–Crippen LogP) is 0.533. The first-order chi connectivity index (χ1) is 9.08. The summed E-state index contributed by atoms with van der Waals surface area (Å²) in [7, 11) is 1.53. The SMILES string of the molecule is CCNC(=O)CCNC(=O)c1ccc(OC)cc1N. The number of nitrogens with two attached hydrogens (primary N) is 1. The van der Waals surface area contributed by atoms with Crippen LogP contribution >= 0.6 is 0 Å². The standard InChI is InChI=1S/C13H19N3O3/c1-3-15-12(17)6-7-16-13(18)10-5-4-9(19-2)8-11(10)14/h4-5,8H,3,6-7,14H2,1-2H3,(H,15,17)(H,16,18). The molecule has 0 bridgehead atoms. The zero-order valence-corrected chi connectivity index (χ0v) is 11.2. The molecule has 0 atom stereocenters. The number of carbonyl (C=O) groups excluding carboxylic acids is 2. The molecule has 0 aliphatic carbocycles. The van der Waals surface area contributed by atoms with Crippen LogP contribution in [0, 0.1) is 0 Å². The average Bonchev–Trinajstić information content (AvgIpc) is 2.38. The highest BCUT2D eigenvalue weighted by molar-refractivity contribution is 5.99. The Labute approximate surface area is 112 Å². The van der Waals surface area contributed by atoms with Crippen molar-refractivity contribution < 1.29 is 14.3 Å². The largest absolute Gasteiger partial charge is 0.497 e. The maximum absolute atomic E-state index is 11.8. The number of hydrogen-bond acceptors (Lipinski definition) is 4. The van der Waals surface area contributed by atoms with Crippen molar-refractivity contribution in [2.75, 3.05) is 25.9 Å². The van der Waals surface area contributed by atoms with Crippen molar-refractivity contribution in [3.8, 4) is 5.75 Å². The van der Waals surface area contributed by atoms with Crippen LogP contribution in [0.15, 0.2) is 18.2 Å². The maximum Gasteiger partial charge on any atom is 0.253 e. The van der Waals surface area contributed by atoms with Crippen LogP contribution in [0.3, 0.4) is 0 Å². The smallest absolute Gasteiger partial charge is 0.253 e. The van der Waals surface area contributed by atoms with E-state index in [0.29, 0.717) is 23.5 Å². The highest BCUT2D eigenvalue weighted by Gasteiger charge is 2.10. The molecule has 1 aromatic carbocycles. The van der Waals surface area contributed by atoms with Crippen LogP contribution < -0.4 is 21.1 Å². The number of methoxy groups -OCH3 is 1. The van der Waals surface area contributed by atoms with Gasteiger partial charge in [0, 0.05) is 31.3 Å². The van der Waals surface area contributed by atoms with Crippen molar-refractivity contribution in [1.82, 2.24) is 10.6 Å². The highest BCUT2D eigenvalue weighted by atomic mass is 16.5. The molecular formula is C13H19N3O3. The minimum absolute atomic E-state index is 0.0921. The monoisotopic (exact) mass is 265 g/mol. The Balaban J connectivity index is 2.52. The molecule has 0 radical (unpaired) electrons. The van der Waals surface area contributed by atoms with E-state index in [-0.39, 0.29) is 24.8 Å². The second kappa shape index (κ2) is 7.25. The topological polar surface area (TPSA) is 93.5 Å². The van der Waals surface area contributed by atoms with Gasteiger partial charge in [-0.2, -0.15) is 0 Å². The number of carbonyl (C=O) groups is 2. The quantitative estimate of drug-likeness (QED) is 0.654. The lowest BCUT2D eigenvalue weighted by molar-refractivity contribution is -0.120. The van der Waals surface area contributed by atoms with Gasteiger partial charge in [0.15, 0.2) is 0 Å². The summed E-state index contributed by atoms with van der Waals surface area (Å²) >= 11 is 0. The van der Waals surface area contributed by atoms with Crippen molar-refractivity contribution >= 4 is 17.5 Å². The summed E-state index contributed by atoms with van der Waals surface area (Å²) in [4.78, 5) is 23.0. The molecule has 0 heterocycles. The zero-order chi connectivity index (χ0) is 14.3. The first-order valence-electron chi connectivity index (χ1n) is 6.07. The van der Waals surface area contributed by atoms with Crippen LogP contribution in [0.2, 0.25) is 0 Å². The third-order valence-corrected chi connectivity index (χ3v) is 2.51. The van der Waals surface area contributed by atoms with Gasteiger partial charge in [-0.15, -0.1) is 0 Å². The summed E-state index contributed by atoms with van der Waals surface area (Å²) < 4.78 is 5.00. The summed E-state index contributed by atoms with van der Waals surface area (Å²) in [6.07, 6.45) is 0.246. The molecule has 6 heteroatoms. The first-order valence-corrected chi connectivity index (χ1v) is 6.07. The summed E-state index contributed by atoms with van der Waals surface area (Å²) in [5.41, 5.74) is 6.47. The van der Waals surface area contributed by atoms with Crippen molar-refractivity contribution in [2.24, 2.45) is 0 Å². The van der Waals surface area contributed by atoms with Gasteiger partial charge in [-0.1, -0.05) is 0 Å². The Morgan fingerprint density at radius 2 is 2.05 bits per heavy atom. The van der Waals surface area contributed by atoms with Gasteiger partial charge in [-0.05, 0) is 19.1 Å². The molecule has 0 saturated heterocycles. The number of amides is 2. The Morgan fingerprint density at radius 3 is 2.63 bits per heavy atom. The van der Waals surface area contributed by atoms with E-state index in [4.69, 9.17) is 10.5 Å². The number of hydrogen-bond donors (Lipinski definition) is 3. The first kappa shape index (κ1) is 14.8. The van der Waals surface area contributed by atoms with E-state index in [0.717, 1.165) is 0 Å². The van der Waals surface area contributed by atoms with Crippen molar-refractivity contribution in [3.63, 3.8) is 0 Å². The van der Waals surface area contributed by atoms with Gasteiger partial charge in [-0.25, -0.2) is 0 Å². The molecule has 1 aromatic rings. The second-order valence-electron chi connectivity index (χ2n) is 3.91. The summed E-state index contributed by atoms with van der Waals surface area (Å²) in [5, 5.41) is 5.30. The number of benzene rings is 1. The number of nitrogens with one attached hydrogen (secondary N) is 2. The van der Waals surface area contributed by atoms with E-state index in [2.05, 4.69) is 10.6 Å². The van der Waals surface area contributed by atoms with Crippen molar-refractivity contribution in [1.29, 1.82) is 0 Å². The van der Waals surface area contributed by atoms with Gasteiger partial charge in [0.2, 0.25) is 5.91 Å². The van der Waals surface area contributed by atoms with E-state index in [1.54, 1.807) is 18.2 Å². The Hall–Kier alpha value is -2.24. The molecule has 0 spiro atoms. The normalized spacial score (nSPS) is 9.79. The van der Waals surface area contributed by atoms with Crippen molar-refractivity contribution in [2.45, 2.75) is 13.3 Å². The fourth-order valence-electron chi connectivity index (χ4n) is 1.54. The summed E-state index contributed by atoms with van der Waals surface area (Å²) in [6.45, 7) is 2.70. The number of anilines is 1. The molecule has 1 rings (SSSR count). The van der Waals surface area contributed by atoms with Crippen molar-refractivity contribution in [3.05, 3.63) is 23.8 Å². The van der Waals surface area contributed by atoms with E-state index in [1.807, 2.05) is 6.92 Å². The van der Waals surface area contributed by atoms with Crippen LogP contribution in [0.1, 0.15) is 23.7 Å². The van der Waals surface area contributed by atoms with E-state index >= 15 is 0 Å². The minimum atomic E-state index is -0.301. The van der Waals surface area contributed by atoms with Crippen LogP contribution in [-0.4, -0.2) is 32.0 Å². The average molecular weight is 265 g/mol. The molecule has 19 heavy (non-hydrogen) atoms. The zero-order valence-electron chi connectivity index (χ0n) is 11.2. The lowest BCUT2D eigenvalue weighted by Gasteiger charge is -2.09. The molecule has 0 aliphatic heterocycles. The molecule has 0 aromatic heterocycles. The summed E-state index contributed by atoms with van der Waals surface area (Å²) in [5.74, 6) is 0.200. The van der Waals surface area contributed by atoms with E-state index in [1.165, 1.54) is 7.11 Å². The van der Waals surface area contributed by atoms with Crippen LogP contribution in [0.5, 0.6) is 5.75 Å². The maximum atomic E-state index is 11.8. The fourth-order valence-corrected chi connectivity index (χ4v) is 1.54. The molecule has 104 valence electrons. The van der Waals surface area contributed by atoms with Gasteiger partial charge in [0.1, 0.15) is 5.75 Å². The van der Waals surface area contributed by atoms with Gasteiger partial charge in [-0.3, -0.25) is 9.59 Å². The minimum Gasteiger partial charge on any atom is -0.497 e. The van der Waals surface area contributed by atoms with Gasteiger partial charge >= 0.3 is 0 Å². The van der Waals surface area contributed by atoms with E-state index in [9.17, 15) is 9.59 Å². The lowest BCUT2D eigenvalue weighted by atomic mass is 10.1. The lowest BCUT2D eigenvalue weighted by Crippen LogP contribution is -2.30. The molecule has 2 amide bonds. The van der Waals surface area contributed by atoms with Gasteiger partial charge in [0.05, 0.1) is 12.7 Å². The number of nitrogen functional groups attached to an aromatic ring is 1. The Morgan fingerprint density at radius 1 is 1.32 bits per heavy atom. The molecule has 0 fully saturated rings. The molecule has 0 unspecified atom stereocenters. The Kier molecular flexibility index (Phi) is 5.66. The highest BCUT2D eigenvalue weighted by Crippen LogP contribution is 2.19.